The summed E-state index contributed by atoms with van der Waals surface area (Å²) < 4.78 is 0. The fourth-order valence-corrected chi connectivity index (χ4v) is 3.72. The number of nitrogens with one attached hydrogen (secondary N) is 1. The van der Waals surface area contributed by atoms with Gasteiger partial charge in [0.2, 0.25) is 11.6 Å². The van der Waals surface area contributed by atoms with E-state index in [2.05, 4.69) is 32.3 Å². The van der Waals surface area contributed by atoms with E-state index in [4.69, 9.17) is 11.6 Å². The van der Waals surface area contributed by atoms with Crippen molar-refractivity contribution in [1.82, 2.24) is 9.97 Å². The van der Waals surface area contributed by atoms with E-state index in [1.807, 2.05) is 36.1 Å². The predicted octanol–water partition coefficient (Wildman–Crippen LogP) is 4.42. The van der Waals surface area contributed by atoms with Gasteiger partial charge in [-0.2, -0.15) is 0 Å². The van der Waals surface area contributed by atoms with E-state index < -0.39 is 4.92 Å². The van der Waals surface area contributed by atoms with Gasteiger partial charge in [-0.3, -0.25) is 10.1 Å². The van der Waals surface area contributed by atoms with E-state index in [1.54, 1.807) is 12.1 Å². The molecule has 0 spiro atoms. The lowest BCUT2D eigenvalue weighted by molar-refractivity contribution is -0.383. The SMILES string of the molecule is Cc1c(Cl)cccc1Nc1ncnc(N2CCN(c3ccccc3)CC2)c1[N+](=O)[O-]. The summed E-state index contributed by atoms with van der Waals surface area (Å²) in [6, 6.07) is 15.5. The van der Waals surface area contributed by atoms with Crippen molar-refractivity contribution in [2.75, 3.05) is 41.3 Å². The maximum absolute atomic E-state index is 11.9. The third kappa shape index (κ3) is 3.99. The van der Waals surface area contributed by atoms with Crippen molar-refractivity contribution >= 4 is 40.3 Å². The first kappa shape index (κ1) is 19.9. The molecule has 1 aromatic heterocycles. The van der Waals surface area contributed by atoms with Gasteiger partial charge >= 0.3 is 5.69 Å². The number of hydrogen-bond donors (Lipinski definition) is 1. The molecule has 1 aliphatic rings. The first-order valence-electron chi connectivity index (χ1n) is 9.61. The van der Waals surface area contributed by atoms with Crippen LogP contribution in [0.4, 0.5) is 28.7 Å². The van der Waals surface area contributed by atoms with Crippen molar-refractivity contribution in [2.45, 2.75) is 6.92 Å². The number of anilines is 4. The Balaban J connectivity index is 1.59. The zero-order valence-electron chi connectivity index (χ0n) is 16.5. The summed E-state index contributed by atoms with van der Waals surface area (Å²) >= 11 is 6.18. The number of benzene rings is 2. The highest BCUT2D eigenvalue weighted by molar-refractivity contribution is 6.31. The van der Waals surface area contributed by atoms with Crippen LogP contribution in [-0.4, -0.2) is 41.1 Å². The summed E-state index contributed by atoms with van der Waals surface area (Å²) in [5, 5.41) is 15.6. The highest BCUT2D eigenvalue weighted by atomic mass is 35.5. The minimum absolute atomic E-state index is 0.134. The van der Waals surface area contributed by atoms with Gasteiger partial charge in [-0.15, -0.1) is 0 Å². The molecule has 0 bridgehead atoms. The Hall–Kier alpha value is -3.39. The summed E-state index contributed by atoms with van der Waals surface area (Å²) in [6.45, 7) is 4.61. The maximum atomic E-state index is 11.9. The van der Waals surface area contributed by atoms with Gasteiger partial charge in [0.15, 0.2) is 0 Å². The average Bonchev–Trinajstić information content (AvgIpc) is 2.77. The van der Waals surface area contributed by atoms with Crippen LogP contribution in [0.2, 0.25) is 5.02 Å². The molecule has 3 aromatic rings. The third-order valence-corrected chi connectivity index (χ3v) is 5.62. The van der Waals surface area contributed by atoms with Crippen molar-refractivity contribution in [3.8, 4) is 0 Å². The molecule has 9 heteroatoms. The van der Waals surface area contributed by atoms with Crippen molar-refractivity contribution in [3.63, 3.8) is 0 Å². The number of halogens is 1. The highest BCUT2D eigenvalue weighted by Crippen LogP contribution is 2.35. The third-order valence-electron chi connectivity index (χ3n) is 5.21. The van der Waals surface area contributed by atoms with Crippen molar-refractivity contribution in [3.05, 3.63) is 75.6 Å². The van der Waals surface area contributed by atoms with Crippen molar-refractivity contribution < 1.29 is 4.92 Å². The van der Waals surface area contributed by atoms with Crippen LogP contribution in [0, 0.1) is 17.0 Å². The van der Waals surface area contributed by atoms with Crippen LogP contribution in [0.15, 0.2) is 54.9 Å². The van der Waals surface area contributed by atoms with E-state index in [1.165, 1.54) is 6.33 Å². The molecule has 0 saturated carbocycles. The fourth-order valence-electron chi connectivity index (χ4n) is 3.55. The largest absolute Gasteiger partial charge is 0.368 e. The van der Waals surface area contributed by atoms with Crippen molar-refractivity contribution in [1.29, 1.82) is 0 Å². The second kappa shape index (κ2) is 8.54. The first-order valence-corrected chi connectivity index (χ1v) is 9.99. The van der Waals surface area contributed by atoms with E-state index in [9.17, 15) is 10.1 Å². The van der Waals surface area contributed by atoms with Gasteiger partial charge in [0.05, 0.1) is 4.92 Å². The molecular weight excluding hydrogens is 404 g/mol. The number of para-hydroxylation sites is 1. The summed E-state index contributed by atoms with van der Waals surface area (Å²) in [5.41, 5.74) is 2.48. The molecule has 1 fully saturated rings. The number of nitrogens with zero attached hydrogens (tertiary/aromatic N) is 5. The van der Waals surface area contributed by atoms with E-state index in [0.717, 1.165) is 24.3 Å². The molecule has 30 heavy (non-hydrogen) atoms. The molecule has 0 aliphatic carbocycles. The van der Waals surface area contributed by atoms with Gasteiger partial charge in [0.1, 0.15) is 6.33 Å². The summed E-state index contributed by atoms with van der Waals surface area (Å²) in [6.07, 6.45) is 1.36. The molecule has 154 valence electrons. The Morgan fingerprint density at radius 1 is 1.00 bits per heavy atom. The van der Waals surface area contributed by atoms with Gasteiger partial charge in [0.25, 0.3) is 0 Å². The van der Waals surface area contributed by atoms with Crippen molar-refractivity contribution in [2.24, 2.45) is 0 Å². The summed E-state index contributed by atoms with van der Waals surface area (Å²) in [7, 11) is 0. The molecule has 8 nitrogen and oxygen atoms in total. The second-order valence-electron chi connectivity index (χ2n) is 7.00. The van der Waals surface area contributed by atoms with Gasteiger partial charge in [0, 0.05) is 42.6 Å². The number of hydrogen-bond acceptors (Lipinski definition) is 7. The van der Waals surface area contributed by atoms with Gasteiger partial charge < -0.3 is 15.1 Å². The van der Waals surface area contributed by atoms with Crippen LogP contribution in [0.25, 0.3) is 0 Å². The van der Waals surface area contributed by atoms with Gasteiger partial charge in [-0.1, -0.05) is 35.9 Å². The molecule has 1 N–H and O–H groups in total. The number of piperazine rings is 1. The molecular formula is C21H21ClN6O2. The van der Waals surface area contributed by atoms with Crippen LogP contribution in [0.5, 0.6) is 0 Å². The Bertz CT molecular complexity index is 1050. The lowest BCUT2D eigenvalue weighted by Crippen LogP contribution is -2.47. The van der Waals surface area contributed by atoms with Crippen LogP contribution < -0.4 is 15.1 Å². The quantitative estimate of drug-likeness (QED) is 0.479. The Kier molecular flexibility index (Phi) is 5.67. The van der Waals surface area contributed by atoms with Crippen LogP contribution in [0.1, 0.15) is 5.56 Å². The topological polar surface area (TPSA) is 87.4 Å². The molecule has 0 atom stereocenters. The predicted molar refractivity (Wildman–Crippen MR) is 119 cm³/mol. The van der Waals surface area contributed by atoms with E-state index in [-0.39, 0.29) is 11.5 Å². The number of aromatic nitrogens is 2. The molecule has 0 radical (unpaired) electrons. The number of nitro groups is 1. The van der Waals surface area contributed by atoms with Gasteiger partial charge in [-0.05, 0) is 36.8 Å². The monoisotopic (exact) mass is 424 g/mol. The zero-order valence-corrected chi connectivity index (χ0v) is 17.2. The maximum Gasteiger partial charge on any atom is 0.353 e. The Morgan fingerprint density at radius 3 is 2.40 bits per heavy atom. The first-order chi connectivity index (χ1) is 14.5. The molecule has 1 saturated heterocycles. The molecule has 0 unspecified atom stereocenters. The smallest absolute Gasteiger partial charge is 0.353 e. The normalized spacial score (nSPS) is 13.9. The Morgan fingerprint density at radius 2 is 1.70 bits per heavy atom. The lowest BCUT2D eigenvalue weighted by Gasteiger charge is -2.36. The summed E-state index contributed by atoms with van der Waals surface area (Å²) in [5.74, 6) is 0.478. The van der Waals surface area contributed by atoms with Gasteiger partial charge in [-0.25, -0.2) is 9.97 Å². The second-order valence-corrected chi connectivity index (χ2v) is 7.41. The molecule has 1 aliphatic heterocycles. The average molecular weight is 425 g/mol. The molecule has 2 heterocycles. The Labute approximate surface area is 179 Å². The minimum Gasteiger partial charge on any atom is -0.368 e. The molecule has 0 amide bonds. The van der Waals surface area contributed by atoms with Crippen LogP contribution >= 0.6 is 11.6 Å². The van der Waals surface area contributed by atoms with E-state index in [0.29, 0.717) is 29.6 Å². The summed E-state index contributed by atoms with van der Waals surface area (Å²) in [4.78, 5) is 24.1. The fraction of sp³-hybridized carbons (Fsp3) is 0.238. The van der Waals surface area contributed by atoms with Crippen LogP contribution in [-0.2, 0) is 0 Å². The van der Waals surface area contributed by atoms with E-state index >= 15 is 0 Å². The number of rotatable bonds is 5. The minimum atomic E-state index is -0.429. The molecule has 2 aromatic carbocycles. The van der Waals surface area contributed by atoms with Crippen LogP contribution in [0.3, 0.4) is 0 Å². The zero-order chi connectivity index (χ0) is 21.1. The lowest BCUT2D eigenvalue weighted by atomic mass is 10.2. The molecule has 4 rings (SSSR count). The highest BCUT2D eigenvalue weighted by Gasteiger charge is 2.29. The standard InChI is InChI=1S/C21H21ClN6O2/c1-15-17(22)8-5-9-18(15)25-20-19(28(29)30)21(24-14-23-20)27-12-10-26(11-13-27)16-6-3-2-4-7-16/h2-9,14H,10-13H2,1H3,(H,23,24,25).